The van der Waals surface area contributed by atoms with Gasteiger partial charge in [-0.25, -0.2) is 4.98 Å². The molecule has 2 heterocycles. The predicted octanol–water partition coefficient (Wildman–Crippen LogP) is 3.82. The Labute approximate surface area is 164 Å². The molecule has 1 amide bonds. The quantitative estimate of drug-likeness (QED) is 0.701. The average Bonchev–Trinajstić information content (AvgIpc) is 3.22. The Morgan fingerprint density at radius 3 is 2.75 bits per heavy atom. The SMILES string of the molecule is N#Cc1ccccc1C(=O)N1CCCC(c2nccn2Cc2ccccc2)C1. The van der Waals surface area contributed by atoms with Gasteiger partial charge in [0.2, 0.25) is 0 Å². The van der Waals surface area contributed by atoms with Gasteiger partial charge in [0.25, 0.3) is 5.91 Å². The third kappa shape index (κ3) is 3.67. The number of imidazole rings is 1. The van der Waals surface area contributed by atoms with Crippen LogP contribution in [0.1, 0.15) is 46.1 Å². The highest BCUT2D eigenvalue weighted by Gasteiger charge is 2.28. The molecule has 4 rings (SSSR count). The zero-order chi connectivity index (χ0) is 19.3. The molecular weight excluding hydrogens is 348 g/mol. The van der Waals surface area contributed by atoms with Gasteiger partial charge in [-0.1, -0.05) is 42.5 Å². The van der Waals surface area contributed by atoms with Gasteiger partial charge in [0.05, 0.1) is 17.2 Å². The smallest absolute Gasteiger partial charge is 0.255 e. The van der Waals surface area contributed by atoms with Crippen molar-refractivity contribution in [2.45, 2.75) is 25.3 Å². The minimum Gasteiger partial charge on any atom is -0.338 e. The summed E-state index contributed by atoms with van der Waals surface area (Å²) < 4.78 is 2.18. The van der Waals surface area contributed by atoms with E-state index in [9.17, 15) is 10.1 Å². The minimum absolute atomic E-state index is 0.0667. The van der Waals surface area contributed by atoms with Crippen molar-refractivity contribution >= 4 is 5.91 Å². The van der Waals surface area contributed by atoms with E-state index < -0.39 is 0 Å². The van der Waals surface area contributed by atoms with Gasteiger partial charge in [-0.2, -0.15) is 5.26 Å². The number of aromatic nitrogens is 2. The number of amides is 1. The number of carbonyl (C=O) groups excluding carboxylic acids is 1. The fourth-order valence-electron chi connectivity index (χ4n) is 3.90. The lowest BCUT2D eigenvalue weighted by atomic mass is 9.95. The van der Waals surface area contributed by atoms with Gasteiger partial charge in [-0.15, -0.1) is 0 Å². The van der Waals surface area contributed by atoms with Gasteiger partial charge in [-0.05, 0) is 30.5 Å². The molecular formula is C23H22N4O. The van der Waals surface area contributed by atoms with Crippen LogP contribution in [0.25, 0.3) is 0 Å². The number of carbonyl (C=O) groups is 1. The van der Waals surface area contributed by atoms with Crippen LogP contribution in [-0.4, -0.2) is 33.4 Å². The summed E-state index contributed by atoms with van der Waals surface area (Å²) in [6.45, 7) is 2.12. The lowest BCUT2D eigenvalue weighted by molar-refractivity contribution is 0.0703. The van der Waals surface area contributed by atoms with Gasteiger partial charge in [0.15, 0.2) is 0 Å². The molecule has 0 aliphatic carbocycles. The molecule has 1 aliphatic heterocycles. The molecule has 1 aliphatic rings. The highest BCUT2D eigenvalue weighted by atomic mass is 16.2. The summed E-state index contributed by atoms with van der Waals surface area (Å²) in [4.78, 5) is 19.5. The number of nitrogens with zero attached hydrogens (tertiary/aromatic N) is 4. The summed E-state index contributed by atoms with van der Waals surface area (Å²) in [5.74, 6) is 1.16. The van der Waals surface area contributed by atoms with Crippen LogP contribution in [0, 0.1) is 11.3 Å². The maximum Gasteiger partial charge on any atom is 0.255 e. The Hall–Kier alpha value is -3.39. The number of benzene rings is 2. The summed E-state index contributed by atoms with van der Waals surface area (Å²) in [6.07, 6.45) is 5.79. The molecule has 28 heavy (non-hydrogen) atoms. The second-order valence-electron chi connectivity index (χ2n) is 7.15. The van der Waals surface area contributed by atoms with Crippen molar-refractivity contribution in [2.24, 2.45) is 0 Å². The fraction of sp³-hybridized carbons (Fsp3) is 0.261. The van der Waals surface area contributed by atoms with Gasteiger partial charge in [0.1, 0.15) is 5.82 Å². The van der Waals surface area contributed by atoms with Crippen LogP contribution in [0.15, 0.2) is 67.0 Å². The van der Waals surface area contributed by atoms with Crippen LogP contribution in [0.3, 0.4) is 0 Å². The Balaban J connectivity index is 1.53. The van der Waals surface area contributed by atoms with E-state index in [1.54, 1.807) is 18.2 Å². The highest BCUT2D eigenvalue weighted by molar-refractivity contribution is 5.96. The summed E-state index contributed by atoms with van der Waals surface area (Å²) >= 11 is 0. The first-order chi connectivity index (χ1) is 13.8. The third-order valence-electron chi connectivity index (χ3n) is 5.30. The molecule has 1 aromatic heterocycles. The van der Waals surface area contributed by atoms with Crippen molar-refractivity contribution in [3.8, 4) is 6.07 Å². The molecule has 5 heteroatoms. The number of nitriles is 1. The van der Waals surface area contributed by atoms with Crippen molar-refractivity contribution in [1.29, 1.82) is 5.26 Å². The molecule has 2 aromatic carbocycles. The molecule has 1 atom stereocenters. The van der Waals surface area contributed by atoms with Crippen molar-refractivity contribution in [1.82, 2.24) is 14.5 Å². The van der Waals surface area contributed by atoms with Crippen LogP contribution in [0.4, 0.5) is 0 Å². The van der Waals surface area contributed by atoms with Crippen molar-refractivity contribution in [2.75, 3.05) is 13.1 Å². The zero-order valence-electron chi connectivity index (χ0n) is 15.7. The van der Waals surface area contributed by atoms with Crippen LogP contribution in [0.2, 0.25) is 0 Å². The van der Waals surface area contributed by atoms with Gasteiger partial charge in [-0.3, -0.25) is 4.79 Å². The molecule has 3 aromatic rings. The number of hydrogen-bond acceptors (Lipinski definition) is 3. The van der Waals surface area contributed by atoms with Crippen LogP contribution in [-0.2, 0) is 6.54 Å². The van der Waals surface area contributed by atoms with Crippen LogP contribution in [0.5, 0.6) is 0 Å². The summed E-state index contributed by atoms with van der Waals surface area (Å²) in [6, 6.07) is 19.5. The second kappa shape index (κ2) is 8.10. The van der Waals surface area contributed by atoms with E-state index in [4.69, 9.17) is 0 Å². The van der Waals surface area contributed by atoms with E-state index in [2.05, 4.69) is 27.8 Å². The van der Waals surface area contributed by atoms with E-state index in [1.165, 1.54) is 5.56 Å². The molecule has 0 bridgehead atoms. The van der Waals surface area contributed by atoms with Crippen molar-refractivity contribution in [3.63, 3.8) is 0 Å². The maximum atomic E-state index is 13.0. The Kier molecular flexibility index (Phi) is 5.20. The van der Waals surface area contributed by atoms with Crippen LogP contribution >= 0.6 is 0 Å². The minimum atomic E-state index is -0.0667. The number of hydrogen-bond donors (Lipinski definition) is 0. The molecule has 1 fully saturated rings. The topological polar surface area (TPSA) is 61.9 Å². The van der Waals surface area contributed by atoms with E-state index in [1.807, 2.05) is 41.6 Å². The average molecular weight is 370 g/mol. The monoisotopic (exact) mass is 370 g/mol. The molecule has 0 spiro atoms. The molecule has 1 unspecified atom stereocenters. The summed E-state index contributed by atoms with van der Waals surface area (Å²) in [5.41, 5.74) is 2.15. The molecule has 0 N–H and O–H groups in total. The molecule has 0 radical (unpaired) electrons. The molecule has 1 saturated heterocycles. The van der Waals surface area contributed by atoms with Gasteiger partial charge >= 0.3 is 0 Å². The summed E-state index contributed by atoms with van der Waals surface area (Å²) in [5, 5.41) is 9.31. The first-order valence-corrected chi connectivity index (χ1v) is 9.59. The van der Waals surface area contributed by atoms with Gasteiger partial charge in [0, 0.05) is 37.9 Å². The first-order valence-electron chi connectivity index (χ1n) is 9.59. The lowest BCUT2D eigenvalue weighted by Crippen LogP contribution is -2.40. The second-order valence-corrected chi connectivity index (χ2v) is 7.15. The van der Waals surface area contributed by atoms with Crippen LogP contribution < -0.4 is 0 Å². The maximum absolute atomic E-state index is 13.0. The van der Waals surface area contributed by atoms with E-state index in [-0.39, 0.29) is 11.8 Å². The standard InChI is InChI=1S/C23H22N4O/c24-15-19-9-4-5-11-21(19)23(28)27-13-6-10-20(17-27)22-25-12-14-26(22)16-18-7-2-1-3-8-18/h1-5,7-9,11-12,14,20H,6,10,13,16-17H2. The number of rotatable bonds is 4. The summed E-state index contributed by atoms with van der Waals surface area (Å²) in [7, 11) is 0. The predicted molar refractivity (Wildman–Crippen MR) is 107 cm³/mol. The van der Waals surface area contributed by atoms with E-state index in [0.29, 0.717) is 24.2 Å². The largest absolute Gasteiger partial charge is 0.338 e. The number of likely N-dealkylation sites (tertiary alicyclic amines) is 1. The zero-order valence-corrected chi connectivity index (χ0v) is 15.7. The first kappa shape index (κ1) is 18.0. The Bertz CT molecular complexity index is 1000. The fourth-order valence-corrected chi connectivity index (χ4v) is 3.90. The van der Waals surface area contributed by atoms with Crippen molar-refractivity contribution < 1.29 is 4.79 Å². The Morgan fingerprint density at radius 2 is 1.93 bits per heavy atom. The van der Waals surface area contributed by atoms with Crippen molar-refractivity contribution in [3.05, 3.63) is 89.5 Å². The highest BCUT2D eigenvalue weighted by Crippen LogP contribution is 2.27. The normalized spacial score (nSPS) is 16.5. The van der Waals surface area contributed by atoms with Gasteiger partial charge < -0.3 is 9.47 Å². The molecule has 0 saturated carbocycles. The Morgan fingerprint density at radius 1 is 1.14 bits per heavy atom. The number of piperidine rings is 1. The third-order valence-corrected chi connectivity index (χ3v) is 5.30. The molecule has 140 valence electrons. The lowest BCUT2D eigenvalue weighted by Gasteiger charge is -2.33. The van der Waals surface area contributed by atoms with E-state index in [0.717, 1.165) is 25.2 Å². The van der Waals surface area contributed by atoms with E-state index >= 15 is 0 Å². The molecule has 5 nitrogen and oxygen atoms in total.